The second kappa shape index (κ2) is 5.01. The molecule has 2 fully saturated rings. The van der Waals surface area contributed by atoms with Crippen molar-refractivity contribution in [3.05, 3.63) is 0 Å². The third-order valence-corrected chi connectivity index (χ3v) is 3.21. The number of rotatable bonds is 3. The van der Waals surface area contributed by atoms with E-state index in [4.69, 9.17) is 4.74 Å². The van der Waals surface area contributed by atoms with E-state index in [1.165, 1.54) is 0 Å². The van der Waals surface area contributed by atoms with E-state index in [1.807, 2.05) is 6.92 Å². The Labute approximate surface area is 101 Å². The highest BCUT2D eigenvalue weighted by molar-refractivity contribution is 5.80. The number of nitrogens with zero attached hydrogens (tertiary/aromatic N) is 1. The summed E-state index contributed by atoms with van der Waals surface area (Å²) in [6, 6.07) is 0. The van der Waals surface area contributed by atoms with E-state index in [1.54, 1.807) is 4.90 Å². The Balaban J connectivity index is 1.76. The fourth-order valence-electron chi connectivity index (χ4n) is 1.92. The van der Waals surface area contributed by atoms with Crippen LogP contribution in [0.1, 0.15) is 13.3 Å². The van der Waals surface area contributed by atoms with Gasteiger partial charge in [0.05, 0.1) is 5.60 Å². The monoisotopic (exact) mass is 241 g/mol. The lowest BCUT2D eigenvalue weighted by molar-refractivity contribution is -0.145. The predicted molar refractivity (Wildman–Crippen MR) is 61.4 cm³/mol. The van der Waals surface area contributed by atoms with E-state index >= 15 is 0 Å². The summed E-state index contributed by atoms with van der Waals surface area (Å²) in [4.78, 5) is 24.7. The zero-order valence-corrected chi connectivity index (χ0v) is 10.1. The molecule has 17 heavy (non-hydrogen) atoms. The van der Waals surface area contributed by atoms with Gasteiger partial charge in [0.1, 0.15) is 6.61 Å². The Hall–Kier alpha value is -1.14. The summed E-state index contributed by atoms with van der Waals surface area (Å²) in [6.07, 6.45) is 0.380. The first-order valence-electron chi connectivity index (χ1n) is 5.98. The Morgan fingerprint density at radius 2 is 2.24 bits per heavy atom. The van der Waals surface area contributed by atoms with E-state index in [0.717, 1.165) is 13.1 Å². The number of amides is 2. The molecule has 2 aliphatic heterocycles. The van der Waals surface area contributed by atoms with Gasteiger partial charge in [0.2, 0.25) is 11.8 Å². The summed E-state index contributed by atoms with van der Waals surface area (Å²) in [7, 11) is 0. The third kappa shape index (κ3) is 3.17. The van der Waals surface area contributed by atoms with Crippen LogP contribution in [-0.4, -0.2) is 61.6 Å². The lowest BCUT2D eigenvalue weighted by Gasteiger charge is -2.39. The maximum Gasteiger partial charge on any atom is 0.248 e. The highest BCUT2D eigenvalue weighted by Crippen LogP contribution is 2.15. The molecule has 0 aromatic heterocycles. The van der Waals surface area contributed by atoms with Gasteiger partial charge in [-0.1, -0.05) is 0 Å². The summed E-state index contributed by atoms with van der Waals surface area (Å²) in [6.45, 7) is 5.27. The number of nitrogens with one attached hydrogen (secondary N) is 2. The minimum Gasteiger partial charge on any atom is -0.363 e. The van der Waals surface area contributed by atoms with E-state index in [0.29, 0.717) is 26.1 Å². The average molecular weight is 241 g/mol. The highest BCUT2D eigenvalue weighted by Gasteiger charge is 2.33. The summed E-state index contributed by atoms with van der Waals surface area (Å²) >= 11 is 0. The van der Waals surface area contributed by atoms with Crippen LogP contribution in [-0.2, 0) is 14.3 Å². The van der Waals surface area contributed by atoms with Gasteiger partial charge >= 0.3 is 0 Å². The molecule has 0 unspecified atom stereocenters. The first-order valence-corrected chi connectivity index (χ1v) is 5.98. The molecule has 0 aromatic rings. The second-order valence-corrected chi connectivity index (χ2v) is 4.82. The second-order valence-electron chi connectivity index (χ2n) is 4.82. The van der Waals surface area contributed by atoms with Crippen LogP contribution in [0.3, 0.4) is 0 Å². The number of carbonyl (C=O) groups excluding carboxylic acids is 2. The molecule has 0 spiro atoms. The molecule has 2 N–H and O–H groups in total. The van der Waals surface area contributed by atoms with Gasteiger partial charge in [-0.25, -0.2) is 0 Å². The van der Waals surface area contributed by atoms with Crippen molar-refractivity contribution >= 4 is 11.8 Å². The quantitative estimate of drug-likeness (QED) is 0.645. The van der Waals surface area contributed by atoms with Crippen molar-refractivity contribution in [3.8, 4) is 0 Å². The van der Waals surface area contributed by atoms with Gasteiger partial charge in [0.25, 0.3) is 0 Å². The smallest absolute Gasteiger partial charge is 0.248 e. The van der Waals surface area contributed by atoms with Crippen LogP contribution >= 0.6 is 0 Å². The molecular weight excluding hydrogens is 222 g/mol. The van der Waals surface area contributed by atoms with Crippen LogP contribution in [0, 0.1) is 0 Å². The first-order chi connectivity index (χ1) is 8.09. The molecule has 2 amide bonds. The van der Waals surface area contributed by atoms with Crippen LogP contribution in [0.5, 0.6) is 0 Å². The Kier molecular flexibility index (Phi) is 3.63. The molecule has 2 aliphatic rings. The van der Waals surface area contributed by atoms with E-state index in [2.05, 4.69) is 10.6 Å². The van der Waals surface area contributed by atoms with Gasteiger partial charge in [-0.2, -0.15) is 0 Å². The number of carbonyl (C=O) groups is 2. The topological polar surface area (TPSA) is 70.7 Å². The Morgan fingerprint density at radius 1 is 1.47 bits per heavy atom. The number of hydrogen-bond donors (Lipinski definition) is 2. The molecule has 0 bridgehead atoms. The molecule has 0 radical (unpaired) electrons. The first kappa shape index (κ1) is 12.3. The van der Waals surface area contributed by atoms with Crippen molar-refractivity contribution in [2.45, 2.75) is 18.9 Å². The van der Waals surface area contributed by atoms with Crippen molar-refractivity contribution in [2.75, 3.05) is 39.3 Å². The molecule has 6 nitrogen and oxygen atoms in total. The van der Waals surface area contributed by atoms with Crippen molar-refractivity contribution in [2.24, 2.45) is 0 Å². The van der Waals surface area contributed by atoms with E-state index < -0.39 is 0 Å². The maximum absolute atomic E-state index is 11.9. The van der Waals surface area contributed by atoms with Crippen LogP contribution in [0.15, 0.2) is 0 Å². The molecule has 2 rings (SSSR count). The maximum atomic E-state index is 11.9. The summed E-state index contributed by atoms with van der Waals surface area (Å²) in [5.74, 6) is -0.0222. The molecule has 0 aromatic carbocycles. The highest BCUT2D eigenvalue weighted by atomic mass is 16.5. The lowest BCUT2D eigenvalue weighted by Crippen LogP contribution is -2.59. The van der Waals surface area contributed by atoms with Crippen molar-refractivity contribution < 1.29 is 14.3 Å². The number of ether oxygens (including phenoxy) is 1. The SMILES string of the molecule is CC1(OCC(=O)N2CCNC(=O)CC2)CNC1. The molecule has 6 heteroatoms. The largest absolute Gasteiger partial charge is 0.363 e. The van der Waals surface area contributed by atoms with E-state index in [-0.39, 0.29) is 24.0 Å². The van der Waals surface area contributed by atoms with Gasteiger partial charge in [-0.3, -0.25) is 9.59 Å². The van der Waals surface area contributed by atoms with Crippen molar-refractivity contribution in [1.29, 1.82) is 0 Å². The van der Waals surface area contributed by atoms with Crippen LogP contribution in [0.25, 0.3) is 0 Å². The fourth-order valence-corrected chi connectivity index (χ4v) is 1.92. The minimum absolute atomic E-state index is 0.0105. The summed E-state index contributed by atoms with van der Waals surface area (Å²) in [5.41, 5.74) is -0.199. The Bertz CT molecular complexity index is 315. The third-order valence-electron chi connectivity index (χ3n) is 3.21. The van der Waals surface area contributed by atoms with Gasteiger partial charge in [-0.05, 0) is 6.92 Å². The standard InChI is InChI=1S/C11H19N3O3/c1-11(7-12-8-11)17-6-10(16)14-4-2-9(15)13-3-5-14/h12H,2-8H2,1H3,(H,13,15). The average Bonchev–Trinajstić information content (AvgIpc) is 2.48. The van der Waals surface area contributed by atoms with Crippen LogP contribution in [0.2, 0.25) is 0 Å². The van der Waals surface area contributed by atoms with E-state index in [9.17, 15) is 9.59 Å². The fraction of sp³-hybridized carbons (Fsp3) is 0.818. The normalized spacial score (nSPS) is 23.6. The van der Waals surface area contributed by atoms with Crippen LogP contribution in [0.4, 0.5) is 0 Å². The number of hydrogen-bond acceptors (Lipinski definition) is 4. The molecule has 0 atom stereocenters. The van der Waals surface area contributed by atoms with Gasteiger partial charge in [-0.15, -0.1) is 0 Å². The summed E-state index contributed by atoms with van der Waals surface area (Å²) < 4.78 is 5.59. The molecular formula is C11H19N3O3. The molecule has 0 aliphatic carbocycles. The van der Waals surface area contributed by atoms with Gasteiger partial charge in [0, 0.05) is 39.1 Å². The van der Waals surface area contributed by atoms with Crippen molar-refractivity contribution in [3.63, 3.8) is 0 Å². The zero-order valence-electron chi connectivity index (χ0n) is 10.1. The summed E-state index contributed by atoms with van der Waals surface area (Å²) in [5, 5.41) is 5.86. The minimum atomic E-state index is -0.199. The Morgan fingerprint density at radius 3 is 2.88 bits per heavy atom. The predicted octanol–water partition coefficient (Wildman–Crippen LogP) is -1.29. The zero-order chi connectivity index (χ0) is 12.3. The van der Waals surface area contributed by atoms with Crippen molar-refractivity contribution in [1.82, 2.24) is 15.5 Å². The molecule has 0 saturated carbocycles. The molecule has 96 valence electrons. The van der Waals surface area contributed by atoms with Gasteiger partial charge in [0.15, 0.2) is 0 Å². The van der Waals surface area contributed by atoms with Crippen LogP contribution < -0.4 is 10.6 Å². The van der Waals surface area contributed by atoms with Gasteiger partial charge < -0.3 is 20.3 Å². The lowest BCUT2D eigenvalue weighted by atomic mass is 10.0. The molecule has 2 heterocycles. The molecule has 2 saturated heterocycles.